The van der Waals surface area contributed by atoms with Crippen LogP contribution in [0.3, 0.4) is 0 Å². The third-order valence-corrected chi connectivity index (χ3v) is 5.03. The Morgan fingerprint density at radius 3 is 2.43 bits per heavy atom. The Balaban J connectivity index is 1.46. The number of carbonyl (C=O) groups excluding carboxylic acids is 2. The molecule has 2 aromatic carbocycles. The minimum Gasteiger partial charge on any atom is -0.491 e. The first-order chi connectivity index (χ1) is 14.5. The maximum atomic E-state index is 12.4. The van der Waals surface area contributed by atoms with E-state index < -0.39 is 0 Å². The second kappa shape index (κ2) is 10.7. The molecule has 0 unspecified atom stereocenters. The van der Waals surface area contributed by atoms with Crippen LogP contribution in [0.4, 0.5) is 11.4 Å². The van der Waals surface area contributed by atoms with E-state index in [1.165, 1.54) is 19.3 Å². The van der Waals surface area contributed by atoms with Crippen molar-refractivity contribution in [2.45, 2.75) is 58.1 Å². The van der Waals surface area contributed by atoms with Crippen molar-refractivity contribution >= 4 is 23.2 Å². The normalized spacial score (nSPS) is 14.2. The summed E-state index contributed by atoms with van der Waals surface area (Å²) in [6.07, 6.45) is 5.83. The van der Waals surface area contributed by atoms with Gasteiger partial charge in [-0.3, -0.25) is 9.59 Å². The summed E-state index contributed by atoms with van der Waals surface area (Å²) in [7, 11) is 0. The Hall–Kier alpha value is -3.02. The second-order valence-corrected chi connectivity index (χ2v) is 7.98. The molecular formula is C24H31N3O3. The molecule has 1 aliphatic rings. The zero-order valence-electron chi connectivity index (χ0n) is 17.7. The summed E-state index contributed by atoms with van der Waals surface area (Å²) in [5.74, 6) is 0.531. The lowest BCUT2D eigenvalue weighted by Crippen LogP contribution is -2.36. The number of carbonyl (C=O) groups is 2. The number of amides is 2. The van der Waals surface area contributed by atoms with Gasteiger partial charge in [0.05, 0.1) is 12.6 Å². The third kappa shape index (κ3) is 6.79. The van der Waals surface area contributed by atoms with Gasteiger partial charge < -0.3 is 20.7 Å². The molecule has 0 saturated heterocycles. The summed E-state index contributed by atoms with van der Waals surface area (Å²) < 4.78 is 5.64. The van der Waals surface area contributed by atoms with Crippen LogP contribution >= 0.6 is 0 Å². The van der Waals surface area contributed by atoms with Gasteiger partial charge in [-0.15, -0.1) is 0 Å². The highest BCUT2D eigenvalue weighted by Crippen LogP contribution is 2.19. The number of anilines is 2. The Kier molecular flexibility index (Phi) is 7.71. The molecule has 1 saturated carbocycles. The zero-order valence-corrected chi connectivity index (χ0v) is 17.7. The van der Waals surface area contributed by atoms with Crippen molar-refractivity contribution in [3.05, 3.63) is 54.1 Å². The summed E-state index contributed by atoms with van der Waals surface area (Å²) >= 11 is 0. The van der Waals surface area contributed by atoms with Crippen molar-refractivity contribution in [1.29, 1.82) is 0 Å². The van der Waals surface area contributed by atoms with Crippen LogP contribution in [-0.4, -0.2) is 30.5 Å². The standard InChI is InChI=1S/C24H31N3O3/c1-17(2)30-22-10-6-9-21(15-22)26-23(28)16-25-19-13-11-18(12-14-19)24(29)27-20-7-4-3-5-8-20/h6,9-15,17,20,25H,3-5,7-8,16H2,1-2H3,(H,26,28)(H,27,29). The summed E-state index contributed by atoms with van der Waals surface area (Å²) in [5.41, 5.74) is 2.11. The highest BCUT2D eigenvalue weighted by Gasteiger charge is 2.16. The van der Waals surface area contributed by atoms with Crippen molar-refractivity contribution in [3.8, 4) is 5.75 Å². The first-order valence-electron chi connectivity index (χ1n) is 10.7. The van der Waals surface area contributed by atoms with Gasteiger partial charge in [0.2, 0.25) is 5.91 Å². The fourth-order valence-electron chi connectivity index (χ4n) is 3.56. The molecule has 0 aromatic heterocycles. The molecule has 0 spiro atoms. The zero-order chi connectivity index (χ0) is 21.3. The van der Waals surface area contributed by atoms with Crippen LogP contribution in [-0.2, 0) is 4.79 Å². The van der Waals surface area contributed by atoms with Crippen molar-refractivity contribution < 1.29 is 14.3 Å². The number of hydrogen-bond acceptors (Lipinski definition) is 4. The molecule has 3 rings (SSSR count). The van der Waals surface area contributed by atoms with Crippen molar-refractivity contribution in [2.75, 3.05) is 17.2 Å². The molecule has 6 nitrogen and oxygen atoms in total. The van der Waals surface area contributed by atoms with Crippen molar-refractivity contribution in [1.82, 2.24) is 5.32 Å². The van der Waals surface area contributed by atoms with E-state index in [1.807, 2.05) is 44.2 Å². The molecule has 1 fully saturated rings. The van der Waals surface area contributed by atoms with Crippen LogP contribution in [0.25, 0.3) is 0 Å². The average molecular weight is 410 g/mol. The molecule has 1 aliphatic carbocycles. The molecular weight excluding hydrogens is 378 g/mol. The quantitative estimate of drug-likeness (QED) is 0.596. The number of rotatable bonds is 8. The van der Waals surface area contributed by atoms with Crippen molar-refractivity contribution in [2.24, 2.45) is 0 Å². The third-order valence-electron chi connectivity index (χ3n) is 5.03. The average Bonchev–Trinajstić information content (AvgIpc) is 2.73. The summed E-state index contributed by atoms with van der Waals surface area (Å²) in [6, 6.07) is 14.8. The van der Waals surface area contributed by atoms with E-state index in [9.17, 15) is 9.59 Å². The maximum Gasteiger partial charge on any atom is 0.251 e. The second-order valence-electron chi connectivity index (χ2n) is 7.98. The van der Waals surface area contributed by atoms with Gasteiger partial charge >= 0.3 is 0 Å². The Morgan fingerprint density at radius 2 is 1.73 bits per heavy atom. The molecule has 2 aromatic rings. The summed E-state index contributed by atoms with van der Waals surface area (Å²) in [6.45, 7) is 4.04. The van der Waals surface area contributed by atoms with Gasteiger partial charge in [-0.2, -0.15) is 0 Å². The van der Waals surface area contributed by atoms with E-state index in [4.69, 9.17) is 4.74 Å². The predicted molar refractivity (Wildman–Crippen MR) is 120 cm³/mol. The largest absolute Gasteiger partial charge is 0.491 e. The molecule has 0 radical (unpaired) electrons. The van der Waals surface area contributed by atoms with Crippen LogP contribution in [0.2, 0.25) is 0 Å². The van der Waals surface area contributed by atoms with E-state index in [-0.39, 0.29) is 30.5 Å². The summed E-state index contributed by atoms with van der Waals surface area (Å²) in [5, 5.41) is 9.05. The lowest BCUT2D eigenvalue weighted by atomic mass is 9.95. The number of nitrogens with one attached hydrogen (secondary N) is 3. The fraction of sp³-hybridized carbons (Fsp3) is 0.417. The lowest BCUT2D eigenvalue weighted by molar-refractivity contribution is -0.114. The van der Waals surface area contributed by atoms with E-state index in [2.05, 4.69) is 16.0 Å². The molecule has 0 atom stereocenters. The van der Waals surface area contributed by atoms with Gasteiger partial charge in [-0.05, 0) is 63.1 Å². The first kappa shape index (κ1) is 21.7. The highest BCUT2D eigenvalue weighted by atomic mass is 16.5. The topological polar surface area (TPSA) is 79.5 Å². The van der Waals surface area contributed by atoms with Gasteiger partial charge in [0.1, 0.15) is 5.75 Å². The minimum atomic E-state index is -0.157. The van der Waals surface area contributed by atoms with Gasteiger partial charge in [-0.1, -0.05) is 25.3 Å². The van der Waals surface area contributed by atoms with Crippen molar-refractivity contribution in [3.63, 3.8) is 0 Å². The SMILES string of the molecule is CC(C)Oc1cccc(NC(=O)CNc2ccc(C(=O)NC3CCCCC3)cc2)c1. The van der Waals surface area contributed by atoms with Crippen LogP contribution in [0.1, 0.15) is 56.3 Å². The molecule has 0 bridgehead atoms. The van der Waals surface area contributed by atoms with Crippen LogP contribution < -0.4 is 20.7 Å². The van der Waals surface area contributed by atoms with Gasteiger partial charge in [0.15, 0.2) is 0 Å². The molecule has 2 amide bonds. The van der Waals surface area contributed by atoms with Crippen LogP contribution in [0.15, 0.2) is 48.5 Å². The Bertz CT molecular complexity index is 843. The van der Waals surface area contributed by atoms with E-state index in [0.29, 0.717) is 11.3 Å². The first-order valence-corrected chi connectivity index (χ1v) is 10.7. The van der Waals surface area contributed by atoms with Gasteiger partial charge in [0, 0.05) is 29.0 Å². The molecule has 3 N–H and O–H groups in total. The number of ether oxygens (including phenoxy) is 1. The number of benzene rings is 2. The molecule has 0 aliphatic heterocycles. The van der Waals surface area contributed by atoms with Crippen LogP contribution in [0.5, 0.6) is 5.75 Å². The smallest absolute Gasteiger partial charge is 0.251 e. The van der Waals surface area contributed by atoms with Gasteiger partial charge in [0.25, 0.3) is 5.91 Å². The monoisotopic (exact) mass is 409 g/mol. The predicted octanol–water partition coefficient (Wildman–Crippen LogP) is 4.59. The summed E-state index contributed by atoms with van der Waals surface area (Å²) in [4.78, 5) is 24.6. The molecule has 6 heteroatoms. The maximum absolute atomic E-state index is 12.4. The Morgan fingerprint density at radius 1 is 1.00 bits per heavy atom. The Labute approximate surface area is 178 Å². The van der Waals surface area contributed by atoms with Gasteiger partial charge in [-0.25, -0.2) is 0 Å². The molecule has 30 heavy (non-hydrogen) atoms. The number of hydrogen-bond donors (Lipinski definition) is 3. The van der Waals surface area contributed by atoms with Crippen LogP contribution in [0, 0.1) is 0 Å². The van der Waals surface area contributed by atoms with E-state index in [1.54, 1.807) is 18.2 Å². The molecule has 160 valence electrons. The molecule has 0 heterocycles. The van der Waals surface area contributed by atoms with E-state index >= 15 is 0 Å². The fourth-order valence-corrected chi connectivity index (χ4v) is 3.56. The minimum absolute atomic E-state index is 0.0327. The van der Waals surface area contributed by atoms with E-state index in [0.717, 1.165) is 24.3 Å². The highest BCUT2D eigenvalue weighted by molar-refractivity contribution is 5.95. The lowest BCUT2D eigenvalue weighted by Gasteiger charge is -2.22.